The number of anilines is 1. The van der Waals surface area contributed by atoms with Gasteiger partial charge in [-0.25, -0.2) is 19.9 Å². The maximum absolute atomic E-state index is 4.47. The summed E-state index contributed by atoms with van der Waals surface area (Å²) in [5.41, 5.74) is 3.14. The van der Waals surface area contributed by atoms with E-state index in [1.54, 1.807) is 12.5 Å². The van der Waals surface area contributed by atoms with Gasteiger partial charge in [0, 0.05) is 36.6 Å². The summed E-state index contributed by atoms with van der Waals surface area (Å²) < 4.78 is 0. The van der Waals surface area contributed by atoms with Crippen molar-refractivity contribution >= 4 is 5.95 Å². The summed E-state index contributed by atoms with van der Waals surface area (Å²) in [7, 11) is 0. The minimum absolute atomic E-state index is 0.470. The van der Waals surface area contributed by atoms with Gasteiger partial charge in [0.15, 0.2) is 0 Å². The second-order valence-corrected chi connectivity index (χ2v) is 4.69. The van der Waals surface area contributed by atoms with Crippen molar-refractivity contribution in [1.29, 1.82) is 0 Å². The molecule has 1 aliphatic heterocycles. The Hall–Kier alpha value is -2.04. The highest BCUT2D eigenvalue weighted by Crippen LogP contribution is 2.28. The lowest BCUT2D eigenvalue weighted by molar-refractivity contribution is 0.501. The van der Waals surface area contributed by atoms with E-state index >= 15 is 0 Å². The van der Waals surface area contributed by atoms with Crippen molar-refractivity contribution in [2.24, 2.45) is 0 Å². The Morgan fingerprint density at radius 1 is 1.17 bits per heavy atom. The molecular formula is C13H15N5. The molecule has 3 rings (SSSR count). The third kappa shape index (κ3) is 2.03. The van der Waals surface area contributed by atoms with E-state index in [0.717, 1.165) is 36.1 Å². The number of aryl methyl sites for hydroxylation is 2. The van der Waals surface area contributed by atoms with Crippen LogP contribution in [0.15, 0.2) is 24.7 Å². The molecule has 0 atom stereocenters. The van der Waals surface area contributed by atoms with Crippen molar-refractivity contribution in [3.8, 4) is 0 Å². The van der Waals surface area contributed by atoms with Gasteiger partial charge in [-0.15, -0.1) is 0 Å². The molecule has 0 radical (unpaired) electrons. The molecule has 2 aromatic rings. The Bertz CT molecular complexity index is 528. The van der Waals surface area contributed by atoms with Crippen LogP contribution in [0.1, 0.15) is 23.0 Å². The summed E-state index contributed by atoms with van der Waals surface area (Å²) in [5.74, 6) is 1.30. The summed E-state index contributed by atoms with van der Waals surface area (Å²) in [6, 6.07) is 3.97. The van der Waals surface area contributed by atoms with Gasteiger partial charge in [0.25, 0.3) is 0 Å². The lowest BCUT2D eigenvalue weighted by Gasteiger charge is -2.38. The molecular weight excluding hydrogens is 226 g/mol. The fourth-order valence-electron chi connectivity index (χ4n) is 2.22. The molecule has 5 heteroatoms. The summed E-state index contributed by atoms with van der Waals surface area (Å²) in [6.45, 7) is 5.86. The minimum atomic E-state index is 0.470. The lowest BCUT2D eigenvalue weighted by atomic mass is 9.96. The second kappa shape index (κ2) is 4.33. The van der Waals surface area contributed by atoms with Crippen molar-refractivity contribution in [3.05, 3.63) is 41.7 Å². The first kappa shape index (κ1) is 11.1. The number of rotatable bonds is 2. The monoisotopic (exact) mass is 241 g/mol. The van der Waals surface area contributed by atoms with E-state index in [9.17, 15) is 0 Å². The standard InChI is InChI=1S/C13H15N5/c1-9-5-10(2)17-13(16-9)18-6-11(7-18)12-3-4-14-8-15-12/h3-5,8,11H,6-7H2,1-2H3. The zero-order valence-electron chi connectivity index (χ0n) is 10.5. The maximum Gasteiger partial charge on any atom is 0.225 e. The van der Waals surface area contributed by atoms with E-state index in [-0.39, 0.29) is 0 Å². The Balaban J connectivity index is 1.72. The van der Waals surface area contributed by atoms with Gasteiger partial charge in [0.05, 0.1) is 5.69 Å². The molecule has 18 heavy (non-hydrogen) atoms. The van der Waals surface area contributed by atoms with Crippen LogP contribution in [0.4, 0.5) is 5.95 Å². The summed E-state index contributed by atoms with van der Waals surface area (Å²) in [5, 5.41) is 0. The van der Waals surface area contributed by atoms with Gasteiger partial charge in [-0.2, -0.15) is 0 Å². The molecule has 92 valence electrons. The molecule has 0 bridgehead atoms. The smallest absolute Gasteiger partial charge is 0.225 e. The molecule has 1 saturated heterocycles. The lowest BCUT2D eigenvalue weighted by Crippen LogP contribution is -2.46. The third-order valence-electron chi connectivity index (χ3n) is 3.16. The zero-order valence-corrected chi connectivity index (χ0v) is 10.5. The predicted molar refractivity (Wildman–Crippen MR) is 68.5 cm³/mol. The zero-order chi connectivity index (χ0) is 12.5. The Labute approximate surface area is 106 Å². The van der Waals surface area contributed by atoms with Crippen LogP contribution in [0.25, 0.3) is 0 Å². The van der Waals surface area contributed by atoms with Crippen LogP contribution in [0.2, 0.25) is 0 Å². The highest BCUT2D eigenvalue weighted by atomic mass is 15.3. The first-order valence-electron chi connectivity index (χ1n) is 6.05. The fourth-order valence-corrected chi connectivity index (χ4v) is 2.22. The van der Waals surface area contributed by atoms with Crippen LogP contribution in [0, 0.1) is 13.8 Å². The van der Waals surface area contributed by atoms with Crippen molar-refractivity contribution < 1.29 is 0 Å². The minimum Gasteiger partial charge on any atom is -0.339 e. The molecule has 0 unspecified atom stereocenters. The van der Waals surface area contributed by atoms with Crippen molar-refractivity contribution in [2.75, 3.05) is 18.0 Å². The highest BCUT2D eigenvalue weighted by molar-refractivity contribution is 5.39. The van der Waals surface area contributed by atoms with Crippen LogP contribution in [0.5, 0.6) is 0 Å². The highest BCUT2D eigenvalue weighted by Gasteiger charge is 2.30. The van der Waals surface area contributed by atoms with Gasteiger partial charge in [-0.3, -0.25) is 0 Å². The van der Waals surface area contributed by atoms with Crippen LogP contribution in [-0.4, -0.2) is 33.0 Å². The molecule has 0 N–H and O–H groups in total. The van der Waals surface area contributed by atoms with Gasteiger partial charge in [-0.05, 0) is 26.0 Å². The molecule has 1 aliphatic rings. The molecule has 1 fully saturated rings. The summed E-state index contributed by atoms with van der Waals surface area (Å²) in [6.07, 6.45) is 3.39. The molecule has 5 nitrogen and oxygen atoms in total. The second-order valence-electron chi connectivity index (χ2n) is 4.69. The van der Waals surface area contributed by atoms with Crippen molar-refractivity contribution in [1.82, 2.24) is 19.9 Å². The molecule has 0 saturated carbocycles. The molecule has 0 aliphatic carbocycles. The Morgan fingerprint density at radius 2 is 1.89 bits per heavy atom. The predicted octanol–water partition coefficient (Wildman–Crippen LogP) is 1.49. The van der Waals surface area contributed by atoms with Gasteiger partial charge in [0.1, 0.15) is 6.33 Å². The normalized spacial score (nSPS) is 15.6. The fraction of sp³-hybridized carbons (Fsp3) is 0.385. The van der Waals surface area contributed by atoms with Gasteiger partial charge in [-0.1, -0.05) is 0 Å². The van der Waals surface area contributed by atoms with Crippen LogP contribution < -0.4 is 4.90 Å². The Kier molecular flexibility index (Phi) is 2.66. The van der Waals surface area contributed by atoms with Gasteiger partial charge >= 0.3 is 0 Å². The van der Waals surface area contributed by atoms with Crippen LogP contribution >= 0.6 is 0 Å². The average molecular weight is 241 g/mol. The molecule has 0 amide bonds. The Morgan fingerprint density at radius 3 is 2.50 bits per heavy atom. The van der Waals surface area contributed by atoms with E-state index in [2.05, 4.69) is 24.8 Å². The van der Waals surface area contributed by atoms with Crippen molar-refractivity contribution in [2.45, 2.75) is 19.8 Å². The van der Waals surface area contributed by atoms with E-state index < -0.39 is 0 Å². The molecule has 0 spiro atoms. The average Bonchev–Trinajstić information content (AvgIpc) is 2.27. The largest absolute Gasteiger partial charge is 0.339 e. The molecule has 0 aromatic carbocycles. The molecule has 2 aromatic heterocycles. The number of hydrogen-bond acceptors (Lipinski definition) is 5. The van der Waals surface area contributed by atoms with E-state index in [1.165, 1.54) is 0 Å². The SMILES string of the molecule is Cc1cc(C)nc(N2CC(c3ccncn3)C2)n1. The first-order chi connectivity index (χ1) is 8.72. The van der Waals surface area contributed by atoms with E-state index in [4.69, 9.17) is 0 Å². The number of aromatic nitrogens is 4. The van der Waals surface area contributed by atoms with Crippen LogP contribution in [0.3, 0.4) is 0 Å². The van der Waals surface area contributed by atoms with Gasteiger partial charge in [0.2, 0.25) is 5.95 Å². The van der Waals surface area contributed by atoms with E-state index in [0.29, 0.717) is 5.92 Å². The molecule has 3 heterocycles. The third-order valence-corrected chi connectivity index (χ3v) is 3.16. The summed E-state index contributed by atoms with van der Waals surface area (Å²) in [4.78, 5) is 19.3. The first-order valence-corrected chi connectivity index (χ1v) is 6.05. The topological polar surface area (TPSA) is 54.8 Å². The van der Waals surface area contributed by atoms with Crippen molar-refractivity contribution in [3.63, 3.8) is 0 Å². The number of nitrogens with zero attached hydrogens (tertiary/aromatic N) is 5. The van der Waals surface area contributed by atoms with Gasteiger partial charge < -0.3 is 4.90 Å². The maximum atomic E-state index is 4.47. The summed E-state index contributed by atoms with van der Waals surface area (Å²) >= 11 is 0. The van der Waals surface area contributed by atoms with Crippen LogP contribution in [-0.2, 0) is 0 Å². The number of hydrogen-bond donors (Lipinski definition) is 0. The quantitative estimate of drug-likeness (QED) is 0.797. The van der Waals surface area contributed by atoms with E-state index in [1.807, 2.05) is 26.0 Å².